The van der Waals surface area contributed by atoms with Crippen LogP contribution in [0.3, 0.4) is 0 Å². The van der Waals surface area contributed by atoms with Crippen LogP contribution in [0.2, 0.25) is 0 Å². The van der Waals surface area contributed by atoms with Crippen molar-refractivity contribution in [1.29, 1.82) is 0 Å². The van der Waals surface area contributed by atoms with Crippen molar-refractivity contribution in [2.24, 2.45) is 0 Å². The third-order valence-electron chi connectivity index (χ3n) is 2.40. The third kappa shape index (κ3) is 3.08. The molecule has 0 atom stereocenters. The molecule has 18 heavy (non-hydrogen) atoms. The van der Waals surface area contributed by atoms with Crippen LogP contribution in [0, 0.1) is 0 Å². The van der Waals surface area contributed by atoms with E-state index in [9.17, 15) is 13.2 Å². The third-order valence-corrected chi connectivity index (χ3v) is 4.50. The van der Waals surface area contributed by atoms with Gasteiger partial charge in [-0.25, -0.2) is 8.42 Å². The van der Waals surface area contributed by atoms with E-state index in [0.29, 0.717) is 6.54 Å². The summed E-state index contributed by atoms with van der Waals surface area (Å²) >= 11 is 0. The summed E-state index contributed by atoms with van der Waals surface area (Å²) in [7, 11) is -3.61. The lowest BCUT2D eigenvalue weighted by Gasteiger charge is -2.23. The summed E-state index contributed by atoms with van der Waals surface area (Å²) in [6.45, 7) is 5.30. The van der Waals surface area contributed by atoms with Gasteiger partial charge in [-0.05, 0) is 13.8 Å². The fourth-order valence-electron chi connectivity index (χ4n) is 1.65. The average Bonchev–Trinajstić information content (AvgIpc) is 2.65. The number of carbonyl (C=O) groups is 1. The first-order chi connectivity index (χ1) is 8.28. The lowest BCUT2D eigenvalue weighted by Crippen LogP contribution is -2.36. The smallest absolute Gasteiger partial charge is 0.325 e. The second-order valence-electron chi connectivity index (χ2n) is 4.07. The van der Waals surface area contributed by atoms with Crippen LogP contribution in [-0.4, -0.2) is 46.2 Å². The minimum atomic E-state index is -3.61. The second kappa shape index (κ2) is 5.49. The molecule has 0 aliphatic heterocycles. The summed E-state index contributed by atoms with van der Waals surface area (Å²) in [5, 5.41) is 12.3. The van der Waals surface area contributed by atoms with Crippen LogP contribution in [0.5, 0.6) is 0 Å². The van der Waals surface area contributed by atoms with Gasteiger partial charge in [0.15, 0.2) is 0 Å². The fourth-order valence-corrected chi connectivity index (χ4v) is 3.25. The molecule has 0 spiro atoms. The number of sulfonamides is 1. The molecular formula is C10H17N3O4S. The number of hydrogen-bond acceptors (Lipinski definition) is 4. The SMILES string of the molecule is CCN(C(C)C)S(=O)(=O)c1cnn(CC(=O)O)c1. The van der Waals surface area contributed by atoms with Crippen LogP contribution in [0.1, 0.15) is 20.8 Å². The van der Waals surface area contributed by atoms with Gasteiger partial charge in [0.2, 0.25) is 10.0 Å². The van der Waals surface area contributed by atoms with E-state index in [1.807, 2.05) is 0 Å². The molecule has 102 valence electrons. The van der Waals surface area contributed by atoms with E-state index in [4.69, 9.17) is 5.11 Å². The number of aromatic nitrogens is 2. The molecule has 0 aliphatic rings. The first-order valence-electron chi connectivity index (χ1n) is 5.55. The van der Waals surface area contributed by atoms with E-state index < -0.39 is 16.0 Å². The standard InChI is InChI=1S/C10H17N3O4S/c1-4-13(8(2)3)18(16,17)9-5-11-12(6-9)7-10(14)15/h5-6,8H,4,7H2,1-3H3,(H,14,15). The van der Waals surface area contributed by atoms with Crippen LogP contribution < -0.4 is 0 Å². The molecule has 0 aliphatic carbocycles. The van der Waals surface area contributed by atoms with Crippen molar-refractivity contribution >= 4 is 16.0 Å². The summed E-state index contributed by atoms with van der Waals surface area (Å²) in [6.07, 6.45) is 2.40. The quantitative estimate of drug-likeness (QED) is 0.810. The van der Waals surface area contributed by atoms with E-state index in [2.05, 4.69) is 5.10 Å². The number of nitrogens with zero attached hydrogens (tertiary/aromatic N) is 3. The highest BCUT2D eigenvalue weighted by molar-refractivity contribution is 7.89. The average molecular weight is 275 g/mol. The van der Waals surface area contributed by atoms with Gasteiger partial charge in [-0.1, -0.05) is 6.92 Å². The van der Waals surface area contributed by atoms with Crippen molar-refractivity contribution in [2.75, 3.05) is 6.54 Å². The molecular weight excluding hydrogens is 258 g/mol. The first-order valence-corrected chi connectivity index (χ1v) is 6.99. The van der Waals surface area contributed by atoms with Gasteiger partial charge >= 0.3 is 5.97 Å². The van der Waals surface area contributed by atoms with E-state index in [1.165, 1.54) is 16.7 Å². The Morgan fingerprint density at radius 2 is 2.17 bits per heavy atom. The summed E-state index contributed by atoms with van der Waals surface area (Å²) in [6, 6.07) is -0.164. The highest BCUT2D eigenvalue weighted by atomic mass is 32.2. The van der Waals surface area contributed by atoms with Crippen molar-refractivity contribution < 1.29 is 18.3 Å². The number of carboxylic acid groups (broad SMARTS) is 1. The van der Waals surface area contributed by atoms with Crippen LogP contribution in [0.15, 0.2) is 17.3 Å². The zero-order valence-electron chi connectivity index (χ0n) is 10.6. The monoisotopic (exact) mass is 275 g/mol. The molecule has 0 fully saturated rings. The van der Waals surface area contributed by atoms with Crippen LogP contribution in [-0.2, 0) is 21.4 Å². The zero-order valence-corrected chi connectivity index (χ0v) is 11.4. The molecule has 1 aromatic heterocycles. The van der Waals surface area contributed by atoms with Gasteiger partial charge < -0.3 is 5.11 Å². The molecule has 0 unspecified atom stereocenters. The predicted molar refractivity (Wildman–Crippen MR) is 64.6 cm³/mol. The molecule has 1 heterocycles. The molecule has 1 rings (SSSR count). The Hall–Kier alpha value is -1.41. The molecule has 0 saturated carbocycles. The molecule has 8 heteroatoms. The van der Waals surface area contributed by atoms with Crippen LogP contribution >= 0.6 is 0 Å². The molecule has 7 nitrogen and oxygen atoms in total. The van der Waals surface area contributed by atoms with E-state index in [0.717, 1.165) is 4.68 Å². The van der Waals surface area contributed by atoms with Crippen molar-refractivity contribution in [1.82, 2.24) is 14.1 Å². The number of carboxylic acids is 1. The van der Waals surface area contributed by atoms with Crippen molar-refractivity contribution in [3.05, 3.63) is 12.4 Å². The molecule has 1 aromatic rings. The lowest BCUT2D eigenvalue weighted by atomic mass is 10.4. The Morgan fingerprint density at radius 3 is 2.61 bits per heavy atom. The summed E-state index contributed by atoms with van der Waals surface area (Å²) in [4.78, 5) is 10.5. The van der Waals surface area contributed by atoms with E-state index >= 15 is 0 Å². The summed E-state index contributed by atoms with van der Waals surface area (Å²) < 4.78 is 26.9. The maximum atomic E-state index is 12.2. The Labute approximate surface area is 106 Å². The molecule has 0 saturated heterocycles. The normalized spacial score (nSPS) is 12.3. The minimum absolute atomic E-state index is 0.0132. The maximum Gasteiger partial charge on any atom is 0.325 e. The lowest BCUT2D eigenvalue weighted by molar-refractivity contribution is -0.137. The predicted octanol–water partition coefficient (Wildman–Crippen LogP) is 0.387. The van der Waals surface area contributed by atoms with Crippen LogP contribution in [0.25, 0.3) is 0 Å². The molecule has 0 amide bonds. The Kier molecular flexibility index (Phi) is 4.47. The number of rotatable bonds is 6. The van der Waals surface area contributed by atoms with Gasteiger partial charge in [-0.3, -0.25) is 9.48 Å². The zero-order chi connectivity index (χ0) is 13.9. The minimum Gasteiger partial charge on any atom is -0.480 e. The van der Waals surface area contributed by atoms with Crippen LogP contribution in [0.4, 0.5) is 0 Å². The highest BCUT2D eigenvalue weighted by Gasteiger charge is 2.26. The first kappa shape index (κ1) is 14.7. The van der Waals surface area contributed by atoms with Gasteiger partial charge in [0.25, 0.3) is 0 Å². The van der Waals surface area contributed by atoms with Gasteiger partial charge in [0.1, 0.15) is 11.4 Å². The molecule has 0 radical (unpaired) electrons. The Morgan fingerprint density at radius 1 is 1.56 bits per heavy atom. The Bertz CT molecular complexity index is 521. The van der Waals surface area contributed by atoms with E-state index in [-0.39, 0.29) is 17.5 Å². The summed E-state index contributed by atoms with van der Waals surface area (Å²) in [5.74, 6) is -1.07. The molecule has 0 aromatic carbocycles. The highest BCUT2D eigenvalue weighted by Crippen LogP contribution is 2.17. The molecule has 1 N–H and O–H groups in total. The molecule has 0 bridgehead atoms. The van der Waals surface area contributed by atoms with E-state index in [1.54, 1.807) is 20.8 Å². The van der Waals surface area contributed by atoms with Crippen molar-refractivity contribution in [3.63, 3.8) is 0 Å². The van der Waals surface area contributed by atoms with Gasteiger partial charge in [0.05, 0.1) is 6.20 Å². The number of hydrogen-bond donors (Lipinski definition) is 1. The maximum absolute atomic E-state index is 12.2. The topological polar surface area (TPSA) is 92.5 Å². The van der Waals surface area contributed by atoms with Crippen molar-refractivity contribution in [3.8, 4) is 0 Å². The fraction of sp³-hybridized carbons (Fsp3) is 0.600. The van der Waals surface area contributed by atoms with Crippen molar-refractivity contribution in [2.45, 2.75) is 38.3 Å². The van der Waals surface area contributed by atoms with Gasteiger partial charge in [0, 0.05) is 18.8 Å². The second-order valence-corrected chi connectivity index (χ2v) is 5.96. The summed E-state index contributed by atoms with van der Waals surface area (Å²) in [5.41, 5.74) is 0. The number of aliphatic carboxylic acids is 1. The van der Waals surface area contributed by atoms with Gasteiger partial charge in [-0.2, -0.15) is 9.40 Å². The largest absolute Gasteiger partial charge is 0.480 e. The van der Waals surface area contributed by atoms with Gasteiger partial charge in [-0.15, -0.1) is 0 Å². The Balaban J connectivity index is 3.05.